The summed E-state index contributed by atoms with van der Waals surface area (Å²) in [6.07, 6.45) is 13.7. The largest absolute Gasteiger partial charge is 0.354 e. The fourth-order valence-electron chi connectivity index (χ4n) is 5.13. The van der Waals surface area contributed by atoms with Crippen molar-refractivity contribution >= 4 is 31.3 Å². The van der Waals surface area contributed by atoms with Crippen molar-refractivity contribution in [2.45, 2.75) is 104 Å². The Hall–Kier alpha value is -3.26. The number of hydrogen-bond donors (Lipinski definition) is 2. The summed E-state index contributed by atoms with van der Waals surface area (Å²) in [6.45, 7) is 14.3. The van der Waals surface area contributed by atoms with Gasteiger partial charge in [0, 0.05) is 37.0 Å². The van der Waals surface area contributed by atoms with E-state index in [1.54, 1.807) is 24.7 Å². The molecule has 5 atom stereocenters. The van der Waals surface area contributed by atoms with Crippen LogP contribution in [-0.4, -0.2) is 60.6 Å². The molecular weight excluding hydrogens is 553 g/mol. The number of fused-ring (bicyclic) bond motifs is 1. The first-order valence-corrected chi connectivity index (χ1v) is 15.6. The number of hydrogen-bond acceptors (Lipinski definition) is 8. The lowest BCUT2D eigenvalue weighted by Gasteiger charge is -2.41. The van der Waals surface area contributed by atoms with Crippen LogP contribution in [0.2, 0.25) is 0 Å². The quantitative estimate of drug-likeness (QED) is 0.249. The molecule has 0 radical (unpaired) electrons. The van der Waals surface area contributed by atoms with Gasteiger partial charge >= 0.3 is 0 Å². The van der Waals surface area contributed by atoms with E-state index < -0.39 is 31.4 Å². The molecule has 0 aliphatic carbocycles. The molecule has 2 N–H and O–H groups in total. The van der Waals surface area contributed by atoms with Gasteiger partial charge in [0.25, 0.3) is 5.56 Å². The highest BCUT2D eigenvalue weighted by atomic mass is 31.2. The van der Waals surface area contributed by atoms with Crippen LogP contribution >= 0.6 is 8.30 Å². The maximum Gasteiger partial charge on any atom is 0.280 e. The van der Waals surface area contributed by atoms with Crippen molar-refractivity contribution in [3.8, 4) is 30.8 Å². The fourth-order valence-corrected chi connectivity index (χ4v) is 7.97. The number of rotatable bonds is 13. The molecule has 1 fully saturated rings. The molecule has 1 aliphatic rings. The van der Waals surface area contributed by atoms with E-state index in [4.69, 9.17) is 22.1 Å². The van der Waals surface area contributed by atoms with Crippen molar-refractivity contribution in [2.24, 2.45) is 11.3 Å². The second-order valence-electron chi connectivity index (χ2n) is 11.7. The number of terminal acetylenes is 2. The summed E-state index contributed by atoms with van der Waals surface area (Å²) in [5.74, 6) is 4.33. The Bertz CT molecular complexity index is 1420. The first-order chi connectivity index (χ1) is 19.9. The molecule has 42 heavy (non-hydrogen) atoms. The number of nitriles is 1. The Kier molecular flexibility index (Phi) is 11.3. The molecule has 1 aliphatic heterocycles. The zero-order chi connectivity index (χ0) is 31.2. The molecule has 3 heterocycles. The maximum atomic E-state index is 12.9. The zero-order valence-electron chi connectivity index (χ0n) is 25.5. The number of aromatic amines is 1. The third kappa shape index (κ3) is 7.38. The highest BCUT2D eigenvalue weighted by molar-refractivity contribution is 7.51. The minimum absolute atomic E-state index is 0.00756. The molecular formula is C30H42N7O4P. The number of anilines is 1. The normalized spacial score (nSPS) is 20.4. The topological polar surface area (TPSA) is 138 Å². The van der Waals surface area contributed by atoms with Crippen LogP contribution in [-0.2, 0) is 14.1 Å². The highest BCUT2D eigenvalue weighted by Gasteiger charge is 2.45. The zero-order valence-corrected chi connectivity index (χ0v) is 26.4. The van der Waals surface area contributed by atoms with Gasteiger partial charge in [0.15, 0.2) is 11.2 Å². The lowest BCUT2D eigenvalue weighted by molar-refractivity contribution is -0.123. The van der Waals surface area contributed by atoms with Crippen LogP contribution in [0.1, 0.15) is 80.4 Å². The third-order valence-corrected chi connectivity index (χ3v) is 10.2. The molecule has 2 aromatic rings. The molecule has 1 saturated heterocycles. The number of nitrogens with zero attached hydrogens (tertiary/aromatic N) is 5. The number of nitrogens with one attached hydrogen (secondary N) is 2. The molecule has 1 amide bonds. The smallest absolute Gasteiger partial charge is 0.280 e. The average molecular weight is 596 g/mol. The maximum absolute atomic E-state index is 12.9. The summed E-state index contributed by atoms with van der Waals surface area (Å²) in [5.41, 5.74) is -0.866. The second-order valence-corrected chi connectivity index (χ2v) is 13.7. The Morgan fingerprint density at radius 3 is 2.60 bits per heavy atom. The van der Waals surface area contributed by atoms with E-state index in [9.17, 15) is 14.9 Å². The Labute approximate surface area is 249 Å². The molecule has 3 rings (SSSR count). The third-order valence-electron chi connectivity index (χ3n) is 7.26. The summed E-state index contributed by atoms with van der Waals surface area (Å²) in [5, 5.41) is 12.3. The van der Waals surface area contributed by atoms with Crippen LogP contribution in [0.15, 0.2) is 11.1 Å². The predicted molar refractivity (Wildman–Crippen MR) is 164 cm³/mol. The van der Waals surface area contributed by atoms with E-state index in [0.29, 0.717) is 18.5 Å². The first kappa shape index (κ1) is 33.2. The molecule has 0 aromatic carbocycles. The van der Waals surface area contributed by atoms with E-state index in [2.05, 4.69) is 77.5 Å². The molecule has 0 spiro atoms. The summed E-state index contributed by atoms with van der Waals surface area (Å²) < 4.78 is 17.2. The van der Waals surface area contributed by atoms with Crippen molar-refractivity contribution in [1.29, 1.82) is 5.26 Å². The van der Waals surface area contributed by atoms with Crippen LogP contribution in [0, 0.1) is 47.4 Å². The summed E-state index contributed by atoms with van der Waals surface area (Å²) in [6, 6.07) is 2.65. The lowest BCUT2D eigenvalue weighted by atomic mass is 9.89. The number of carbonyl (C=O) groups is 1. The minimum Gasteiger partial charge on any atom is -0.354 e. The molecule has 11 nitrogen and oxygen atoms in total. The second kappa shape index (κ2) is 14.3. The van der Waals surface area contributed by atoms with E-state index in [1.807, 2.05) is 0 Å². The van der Waals surface area contributed by atoms with Crippen molar-refractivity contribution in [3.05, 3.63) is 16.7 Å². The monoisotopic (exact) mass is 595 g/mol. The van der Waals surface area contributed by atoms with Gasteiger partial charge < -0.3 is 9.26 Å². The number of aromatic nitrogens is 4. The van der Waals surface area contributed by atoms with Crippen LogP contribution in [0.3, 0.4) is 0 Å². The van der Waals surface area contributed by atoms with Crippen molar-refractivity contribution in [2.75, 3.05) is 11.9 Å². The van der Waals surface area contributed by atoms with Crippen LogP contribution < -0.4 is 10.9 Å². The van der Waals surface area contributed by atoms with Gasteiger partial charge in [-0.25, -0.2) is 4.98 Å². The summed E-state index contributed by atoms with van der Waals surface area (Å²) in [4.78, 5) is 37.2. The SMILES string of the molecule is C#CCC(C#N)COP([C@@H]1C[C@H](n2cnc3c(=O)[nH]c(NC(=O)C(C)(C)CC#C)nc32)O[C@@H]1CC)N(C(C)C)C(C)C. The summed E-state index contributed by atoms with van der Waals surface area (Å²) in [7, 11) is -1.19. The first-order valence-electron chi connectivity index (χ1n) is 14.3. The van der Waals surface area contributed by atoms with Gasteiger partial charge in [0.2, 0.25) is 11.9 Å². The van der Waals surface area contributed by atoms with Crippen LogP contribution in [0.4, 0.5) is 5.95 Å². The molecule has 226 valence electrons. The number of ether oxygens (including phenoxy) is 1. The van der Waals surface area contributed by atoms with Gasteiger partial charge in [0.1, 0.15) is 14.5 Å². The number of imidazole rings is 1. The number of amides is 1. The van der Waals surface area contributed by atoms with Crippen molar-refractivity contribution in [1.82, 2.24) is 24.2 Å². The van der Waals surface area contributed by atoms with Gasteiger partial charge in [-0.15, -0.1) is 24.7 Å². The van der Waals surface area contributed by atoms with Gasteiger partial charge in [-0.3, -0.25) is 29.1 Å². The van der Waals surface area contributed by atoms with Gasteiger partial charge in [-0.05, 0) is 34.1 Å². The molecule has 0 saturated carbocycles. The van der Waals surface area contributed by atoms with Crippen LogP contribution in [0.5, 0.6) is 0 Å². The predicted octanol–water partition coefficient (Wildman–Crippen LogP) is 4.78. The Morgan fingerprint density at radius 2 is 2.02 bits per heavy atom. The van der Waals surface area contributed by atoms with Gasteiger partial charge in [-0.1, -0.05) is 20.8 Å². The van der Waals surface area contributed by atoms with E-state index >= 15 is 0 Å². The van der Waals surface area contributed by atoms with E-state index in [1.165, 1.54) is 0 Å². The molecule has 12 heteroatoms. The molecule has 2 aromatic heterocycles. The molecule has 0 bridgehead atoms. The summed E-state index contributed by atoms with van der Waals surface area (Å²) >= 11 is 0. The van der Waals surface area contributed by atoms with E-state index in [-0.39, 0.29) is 54.2 Å². The number of carbonyl (C=O) groups excluding carboxylic acids is 1. The van der Waals surface area contributed by atoms with Crippen molar-refractivity contribution < 1.29 is 14.1 Å². The lowest BCUT2D eigenvalue weighted by Crippen LogP contribution is -2.38. The van der Waals surface area contributed by atoms with E-state index in [0.717, 1.165) is 6.42 Å². The van der Waals surface area contributed by atoms with Gasteiger partial charge in [-0.2, -0.15) is 10.2 Å². The van der Waals surface area contributed by atoms with Crippen LogP contribution in [0.25, 0.3) is 11.2 Å². The Morgan fingerprint density at radius 1 is 1.33 bits per heavy atom. The number of H-pyrrole nitrogens is 1. The van der Waals surface area contributed by atoms with Crippen molar-refractivity contribution in [3.63, 3.8) is 0 Å². The highest BCUT2D eigenvalue weighted by Crippen LogP contribution is 2.57. The Balaban J connectivity index is 1.96. The average Bonchev–Trinajstić information content (AvgIpc) is 3.54. The fraction of sp³-hybridized carbons (Fsp3) is 0.633. The standard InChI is InChI=1S/C30H42N7O4P/c1-10-13-21(16-31)17-40-42(37(19(4)5)20(6)7)23-15-24(41-22(23)12-3)36-18-32-25-26(36)33-29(34-27(25)38)35-28(39)30(8,9)14-11-2/h1-2,18-24H,12-15,17H2,3-9H3,(H2,33,34,35,38,39)/t21?,22-,23-,24-,42?/m1/s1. The molecule has 2 unspecified atom stereocenters. The minimum atomic E-state index is -1.19. The van der Waals surface area contributed by atoms with Gasteiger partial charge in [0.05, 0.1) is 36.4 Å².